The first-order valence-corrected chi connectivity index (χ1v) is 7.42. The summed E-state index contributed by atoms with van der Waals surface area (Å²) in [5.74, 6) is -3.52. The molecule has 0 saturated heterocycles. The molecule has 2 aromatic carbocycles. The third-order valence-corrected chi connectivity index (χ3v) is 3.60. The molecule has 25 heavy (non-hydrogen) atoms. The fraction of sp³-hybridized carbons (Fsp3) is 0.222. The fourth-order valence-corrected chi connectivity index (χ4v) is 2.34. The maximum absolute atomic E-state index is 13.8. The molecule has 2 rings (SSSR count). The summed E-state index contributed by atoms with van der Waals surface area (Å²) in [6.45, 7) is 0. The van der Waals surface area contributed by atoms with E-state index in [1.807, 2.05) is 0 Å². The second-order valence-electron chi connectivity index (χ2n) is 5.17. The topological polar surface area (TPSA) is 64.6 Å². The van der Waals surface area contributed by atoms with Crippen molar-refractivity contribution in [1.29, 1.82) is 0 Å². The Hall–Kier alpha value is -2.96. The number of carbonyl (C=O) groups excluding carboxylic acids is 2. The lowest BCUT2D eigenvalue weighted by Crippen LogP contribution is -2.43. The highest BCUT2D eigenvalue weighted by molar-refractivity contribution is 5.97. The zero-order valence-corrected chi connectivity index (χ0v) is 13.7. The molecule has 0 aliphatic heterocycles. The highest BCUT2D eigenvalue weighted by atomic mass is 19.2. The summed E-state index contributed by atoms with van der Waals surface area (Å²) in [5.41, 5.74) is 0.161. The van der Waals surface area contributed by atoms with Crippen LogP contribution in [0.1, 0.15) is 15.9 Å². The highest BCUT2D eigenvalue weighted by Crippen LogP contribution is 2.20. The number of halogens is 2. The van der Waals surface area contributed by atoms with Gasteiger partial charge in [-0.1, -0.05) is 24.3 Å². The van der Waals surface area contributed by atoms with Gasteiger partial charge in [0, 0.05) is 6.42 Å². The summed E-state index contributed by atoms with van der Waals surface area (Å²) in [6, 6.07) is 9.10. The normalized spacial score (nSPS) is 11.5. The molecule has 0 aromatic heterocycles. The summed E-state index contributed by atoms with van der Waals surface area (Å²) in [7, 11) is 2.65. The average molecular weight is 349 g/mol. The molecule has 0 bridgehead atoms. The van der Waals surface area contributed by atoms with Gasteiger partial charge in [0.2, 0.25) is 0 Å². The molecule has 7 heteroatoms. The Kier molecular flexibility index (Phi) is 6.05. The maximum atomic E-state index is 13.8. The minimum absolute atomic E-state index is 0.0688. The van der Waals surface area contributed by atoms with Crippen molar-refractivity contribution in [2.24, 2.45) is 0 Å². The quantitative estimate of drug-likeness (QED) is 0.814. The Bertz CT molecular complexity index is 779. The van der Waals surface area contributed by atoms with Gasteiger partial charge in [0.25, 0.3) is 5.91 Å². The smallest absolute Gasteiger partial charge is 0.328 e. The van der Waals surface area contributed by atoms with Crippen molar-refractivity contribution in [3.8, 4) is 5.75 Å². The van der Waals surface area contributed by atoms with Crippen LogP contribution in [0, 0.1) is 11.6 Å². The maximum Gasteiger partial charge on any atom is 0.328 e. The molecule has 0 aliphatic rings. The first-order valence-electron chi connectivity index (χ1n) is 7.42. The van der Waals surface area contributed by atoms with Crippen molar-refractivity contribution in [2.75, 3.05) is 14.2 Å². The number of nitrogens with one attached hydrogen (secondary N) is 1. The Morgan fingerprint density at radius 2 is 1.80 bits per heavy atom. The number of methoxy groups -OCH3 is 2. The zero-order valence-electron chi connectivity index (χ0n) is 13.7. The van der Waals surface area contributed by atoms with E-state index < -0.39 is 35.1 Å². The minimum atomic E-state index is -1.28. The second kappa shape index (κ2) is 8.23. The molecule has 0 unspecified atom stereocenters. The first kappa shape index (κ1) is 18.4. The molecule has 0 spiro atoms. The molecule has 0 saturated carbocycles. The van der Waals surface area contributed by atoms with Crippen molar-refractivity contribution in [3.63, 3.8) is 0 Å². The standard InChI is InChI=1S/C18H17F2NO4/c1-24-15-9-4-3-6-11(15)10-14(18(23)25-2)21-17(22)12-7-5-8-13(19)16(12)20/h3-9,14H,10H2,1-2H3,(H,21,22)/t14-/m0/s1. The highest BCUT2D eigenvalue weighted by Gasteiger charge is 2.25. The number of ether oxygens (including phenoxy) is 2. The Morgan fingerprint density at radius 1 is 1.08 bits per heavy atom. The van der Waals surface area contributed by atoms with Crippen LogP contribution in [0.3, 0.4) is 0 Å². The van der Waals surface area contributed by atoms with Crippen molar-refractivity contribution < 1.29 is 27.8 Å². The molecule has 5 nitrogen and oxygen atoms in total. The van der Waals surface area contributed by atoms with Gasteiger partial charge >= 0.3 is 5.97 Å². The van der Waals surface area contributed by atoms with E-state index in [2.05, 4.69) is 10.1 Å². The van der Waals surface area contributed by atoms with Gasteiger partial charge in [0.15, 0.2) is 11.6 Å². The number of esters is 1. The molecular formula is C18H17F2NO4. The summed E-state index contributed by atoms with van der Waals surface area (Å²) < 4.78 is 36.9. The summed E-state index contributed by atoms with van der Waals surface area (Å²) in [4.78, 5) is 24.2. The van der Waals surface area contributed by atoms with Crippen molar-refractivity contribution in [1.82, 2.24) is 5.32 Å². The summed E-state index contributed by atoms with van der Waals surface area (Å²) in [6.07, 6.45) is 0.0688. The Balaban J connectivity index is 2.25. The summed E-state index contributed by atoms with van der Waals surface area (Å²) in [5, 5.41) is 2.38. The molecule has 0 heterocycles. The lowest BCUT2D eigenvalue weighted by molar-refractivity contribution is -0.142. The monoisotopic (exact) mass is 349 g/mol. The van der Waals surface area contributed by atoms with Gasteiger partial charge in [-0.3, -0.25) is 4.79 Å². The van der Waals surface area contributed by atoms with Gasteiger partial charge < -0.3 is 14.8 Å². The molecule has 1 N–H and O–H groups in total. The van der Waals surface area contributed by atoms with E-state index in [0.717, 1.165) is 12.1 Å². The van der Waals surface area contributed by atoms with Crippen molar-refractivity contribution >= 4 is 11.9 Å². The van der Waals surface area contributed by atoms with E-state index in [4.69, 9.17) is 4.74 Å². The second-order valence-corrected chi connectivity index (χ2v) is 5.17. The van der Waals surface area contributed by atoms with Gasteiger partial charge in [-0.15, -0.1) is 0 Å². The van der Waals surface area contributed by atoms with Crippen LogP contribution in [0.2, 0.25) is 0 Å². The molecule has 1 amide bonds. The SMILES string of the molecule is COC(=O)[C@H](Cc1ccccc1OC)NC(=O)c1cccc(F)c1F. The van der Waals surface area contributed by atoms with Crippen LogP contribution in [0.25, 0.3) is 0 Å². The minimum Gasteiger partial charge on any atom is -0.496 e. The van der Waals surface area contributed by atoms with E-state index in [-0.39, 0.29) is 6.42 Å². The van der Waals surface area contributed by atoms with E-state index in [1.54, 1.807) is 24.3 Å². The van der Waals surface area contributed by atoms with Crippen LogP contribution in [0.4, 0.5) is 8.78 Å². The third kappa shape index (κ3) is 4.32. The van der Waals surface area contributed by atoms with Gasteiger partial charge in [-0.25, -0.2) is 13.6 Å². The lowest BCUT2D eigenvalue weighted by atomic mass is 10.0. The molecule has 0 fully saturated rings. The number of benzene rings is 2. The van der Waals surface area contributed by atoms with Crippen LogP contribution < -0.4 is 10.1 Å². The number of para-hydroxylation sites is 1. The van der Waals surface area contributed by atoms with Crippen molar-refractivity contribution in [3.05, 3.63) is 65.2 Å². The number of hydrogen-bond donors (Lipinski definition) is 1. The molecule has 2 aromatic rings. The molecule has 0 radical (unpaired) electrons. The number of rotatable bonds is 6. The van der Waals surface area contributed by atoms with Crippen LogP contribution >= 0.6 is 0 Å². The van der Waals surface area contributed by atoms with E-state index in [0.29, 0.717) is 11.3 Å². The largest absolute Gasteiger partial charge is 0.496 e. The predicted molar refractivity (Wildman–Crippen MR) is 86.3 cm³/mol. The number of hydrogen-bond acceptors (Lipinski definition) is 4. The van der Waals surface area contributed by atoms with Gasteiger partial charge in [-0.2, -0.15) is 0 Å². The van der Waals surface area contributed by atoms with E-state index in [9.17, 15) is 18.4 Å². The van der Waals surface area contributed by atoms with Crippen LogP contribution in [-0.2, 0) is 16.0 Å². The average Bonchev–Trinajstić information content (AvgIpc) is 2.63. The molecule has 1 atom stereocenters. The van der Waals surface area contributed by atoms with E-state index >= 15 is 0 Å². The Morgan fingerprint density at radius 3 is 2.48 bits per heavy atom. The fourth-order valence-electron chi connectivity index (χ4n) is 2.34. The Labute approximate surface area is 143 Å². The van der Waals surface area contributed by atoms with Crippen LogP contribution in [0.5, 0.6) is 5.75 Å². The van der Waals surface area contributed by atoms with Crippen LogP contribution in [0.15, 0.2) is 42.5 Å². The van der Waals surface area contributed by atoms with Crippen LogP contribution in [-0.4, -0.2) is 32.1 Å². The zero-order chi connectivity index (χ0) is 18.4. The molecular weight excluding hydrogens is 332 g/mol. The van der Waals surface area contributed by atoms with Gasteiger partial charge in [0.1, 0.15) is 11.8 Å². The third-order valence-electron chi connectivity index (χ3n) is 3.60. The molecule has 0 aliphatic carbocycles. The van der Waals surface area contributed by atoms with Crippen molar-refractivity contribution in [2.45, 2.75) is 12.5 Å². The lowest BCUT2D eigenvalue weighted by Gasteiger charge is -2.18. The number of amides is 1. The van der Waals surface area contributed by atoms with Gasteiger partial charge in [-0.05, 0) is 23.8 Å². The number of carbonyl (C=O) groups is 2. The summed E-state index contributed by atoms with van der Waals surface area (Å²) >= 11 is 0. The van der Waals surface area contributed by atoms with E-state index in [1.165, 1.54) is 20.3 Å². The molecule has 132 valence electrons. The first-order chi connectivity index (χ1) is 12.0. The predicted octanol–water partition coefficient (Wildman–Crippen LogP) is 2.49. The van der Waals surface area contributed by atoms with Gasteiger partial charge in [0.05, 0.1) is 19.8 Å².